The maximum Gasteiger partial charge on any atom is 0.421 e. The Bertz CT molecular complexity index is 973. The molecule has 1 heterocycles. The summed E-state index contributed by atoms with van der Waals surface area (Å²) in [4.78, 5) is 8.60. The fourth-order valence-corrected chi connectivity index (χ4v) is 4.66. The third kappa shape index (κ3) is 4.85. The van der Waals surface area contributed by atoms with Crippen LogP contribution in [0, 0.1) is 28.2 Å². The molecular formula is C24H28F3N5O. The molecule has 1 aromatic rings. The summed E-state index contributed by atoms with van der Waals surface area (Å²) in [6, 6.07) is 8.39. The van der Waals surface area contributed by atoms with E-state index in [4.69, 9.17) is 0 Å². The molecule has 2 saturated carbocycles. The lowest BCUT2D eigenvalue weighted by molar-refractivity contribution is -0.258. The number of likely N-dealkylation sites (tertiary alicyclic amines) is 1. The second-order valence-corrected chi connectivity index (χ2v) is 9.72. The molecular weight excluding hydrogens is 431 g/mol. The molecule has 1 saturated heterocycles. The summed E-state index contributed by atoms with van der Waals surface area (Å²) in [6.45, 7) is 3.27. The molecule has 4 rings (SSSR count). The SMILES string of the molecule is CC(O)(c1ccc(C(=NC#N)N(C2CC2)C2CCN(CC3(C#N)CC3)CC2)cc1)C(F)(F)F. The van der Waals surface area contributed by atoms with E-state index in [0.29, 0.717) is 11.4 Å². The number of nitriles is 2. The van der Waals surface area contributed by atoms with Crippen molar-refractivity contribution in [2.45, 2.75) is 69.3 Å². The Labute approximate surface area is 191 Å². The predicted molar refractivity (Wildman–Crippen MR) is 116 cm³/mol. The monoisotopic (exact) mass is 459 g/mol. The van der Waals surface area contributed by atoms with E-state index in [1.165, 1.54) is 24.3 Å². The number of nitrogens with zero attached hydrogens (tertiary/aromatic N) is 5. The minimum Gasteiger partial charge on any atom is -0.376 e. The average molecular weight is 460 g/mol. The summed E-state index contributed by atoms with van der Waals surface area (Å²) in [6.07, 6.45) is 2.74. The molecule has 1 aliphatic heterocycles. The maximum atomic E-state index is 13.2. The van der Waals surface area contributed by atoms with Crippen molar-refractivity contribution < 1.29 is 18.3 Å². The van der Waals surface area contributed by atoms with Crippen LogP contribution in [0.2, 0.25) is 0 Å². The Hall–Kier alpha value is -2.62. The van der Waals surface area contributed by atoms with Crippen LogP contribution in [0.4, 0.5) is 13.2 Å². The number of halogens is 3. The van der Waals surface area contributed by atoms with Gasteiger partial charge in [0.25, 0.3) is 0 Å². The van der Waals surface area contributed by atoms with Crippen molar-refractivity contribution in [1.29, 1.82) is 10.5 Å². The molecule has 1 unspecified atom stereocenters. The van der Waals surface area contributed by atoms with Crippen LogP contribution in [0.15, 0.2) is 29.3 Å². The third-order valence-electron chi connectivity index (χ3n) is 7.17. The summed E-state index contributed by atoms with van der Waals surface area (Å²) in [5.74, 6) is 0.479. The number of hydrogen-bond acceptors (Lipinski definition) is 5. The predicted octanol–water partition coefficient (Wildman–Crippen LogP) is 3.92. The van der Waals surface area contributed by atoms with Gasteiger partial charge in [0.1, 0.15) is 5.84 Å². The molecule has 0 spiro atoms. The van der Waals surface area contributed by atoms with Crippen LogP contribution in [-0.2, 0) is 5.60 Å². The Morgan fingerprint density at radius 3 is 2.15 bits per heavy atom. The number of aliphatic imine (C=N–C) groups is 1. The first kappa shape index (κ1) is 23.5. The molecule has 1 N–H and O–H groups in total. The van der Waals surface area contributed by atoms with E-state index in [-0.39, 0.29) is 23.1 Å². The molecule has 0 bridgehead atoms. The van der Waals surface area contributed by atoms with Gasteiger partial charge in [-0.2, -0.15) is 28.7 Å². The number of hydrogen-bond donors (Lipinski definition) is 1. The molecule has 2 aliphatic carbocycles. The summed E-state index contributed by atoms with van der Waals surface area (Å²) in [5.41, 5.74) is -2.82. The fourth-order valence-electron chi connectivity index (χ4n) is 4.66. The van der Waals surface area contributed by atoms with Gasteiger partial charge in [0.2, 0.25) is 6.19 Å². The summed E-state index contributed by atoms with van der Waals surface area (Å²) < 4.78 is 39.6. The number of aliphatic hydroxyl groups is 1. The maximum absolute atomic E-state index is 13.2. The average Bonchev–Trinajstić information content (AvgIpc) is 3.71. The summed E-state index contributed by atoms with van der Waals surface area (Å²) in [7, 11) is 0. The normalized spacial score (nSPS) is 23.3. The standard InChI is InChI=1S/C24H28F3N5O/c1-22(33,24(25,26)27)18-4-2-17(3-5-18)21(30-16-29)32(19-6-7-19)20-8-12-31(13-9-20)15-23(14-28)10-11-23/h2-5,19-20,33H,6-13,15H2,1H3. The van der Waals surface area contributed by atoms with Crippen LogP contribution in [-0.4, -0.2) is 58.6 Å². The lowest BCUT2D eigenvalue weighted by atomic mass is 9.94. The van der Waals surface area contributed by atoms with Gasteiger partial charge in [-0.3, -0.25) is 0 Å². The molecule has 9 heteroatoms. The highest BCUT2D eigenvalue weighted by Crippen LogP contribution is 2.46. The minimum atomic E-state index is -4.79. The number of piperidine rings is 1. The molecule has 0 amide bonds. The van der Waals surface area contributed by atoms with Crippen LogP contribution in [0.25, 0.3) is 0 Å². The van der Waals surface area contributed by atoms with Crippen molar-refractivity contribution in [2.24, 2.45) is 10.4 Å². The van der Waals surface area contributed by atoms with Gasteiger partial charge in [-0.05, 0) is 51.0 Å². The van der Waals surface area contributed by atoms with Crippen LogP contribution < -0.4 is 0 Å². The smallest absolute Gasteiger partial charge is 0.376 e. The van der Waals surface area contributed by atoms with Crippen LogP contribution in [0.1, 0.15) is 56.6 Å². The Morgan fingerprint density at radius 1 is 1.12 bits per heavy atom. The Morgan fingerprint density at radius 2 is 1.70 bits per heavy atom. The van der Waals surface area contributed by atoms with Gasteiger partial charge in [0.15, 0.2) is 5.60 Å². The van der Waals surface area contributed by atoms with E-state index in [1.807, 2.05) is 6.19 Å². The molecule has 1 aromatic carbocycles. The van der Waals surface area contributed by atoms with Gasteiger partial charge in [-0.15, -0.1) is 0 Å². The Kier molecular flexibility index (Phi) is 6.15. The van der Waals surface area contributed by atoms with Gasteiger partial charge >= 0.3 is 6.18 Å². The van der Waals surface area contributed by atoms with E-state index in [2.05, 4.69) is 20.9 Å². The zero-order valence-corrected chi connectivity index (χ0v) is 18.6. The second-order valence-electron chi connectivity index (χ2n) is 9.72. The fraction of sp³-hybridized carbons (Fsp3) is 0.625. The van der Waals surface area contributed by atoms with Crippen molar-refractivity contribution in [3.63, 3.8) is 0 Å². The van der Waals surface area contributed by atoms with E-state index < -0.39 is 11.8 Å². The number of amidine groups is 1. The van der Waals surface area contributed by atoms with E-state index in [9.17, 15) is 28.8 Å². The quantitative estimate of drug-likeness (QED) is 0.396. The highest BCUT2D eigenvalue weighted by Gasteiger charge is 2.51. The van der Waals surface area contributed by atoms with Crippen molar-refractivity contribution in [3.8, 4) is 12.3 Å². The van der Waals surface area contributed by atoms with Crippen molar-refractivity contribution in [1.82, 2.24) is 9.80 Å². The van der Waals surface area contributed by atoms with Gasteiger partial charge in [0.05, 0.1) is 11.5 Å². The van der Waals surface area contributed by atoms with Gasteiger partial charge < -0.3 is 14.9 Å². The molecule has 176 valence electrons. The topological polar surface area (TPSA) is 86.7 Å². The lowest BCUT2D eigenvalue weighted by Gasteiger charge is -2.40. The van der Waals surface area contributed by atoms with Crippen molar-refractivity contribution in [2.75, 3.05) is 19.6 Å². The zero-order chi connectivity index (χ0) is 23.9. The summed E-state index contributed by atoms with van der Waals surface area (Å²) >= 11 is 0. The number of benzene rings is 1. The summed E-state index contributed by atoms with van der Waals surface area (Å²) in [5, 5.41) is 28.7. The van der Waals surface area contributed by atoms with Gasteiger partial charge in [-0.25, -0.2) is 0 Å². The lowest BCUT2D eigenvalue weighted by Crippen LogP contribution is -2.49. The third-order valence-corrected chi connectivity index (χ3v) is 7.17. The molecule has 33 heavy (non-hydrogen) atoms. The molecule has 0 radical (unpaired) electrons. The molecule has 6 nitrogen and oxygen atoms in total. The van der Waals surface area contributed by atoms with Crippen LogP contribution in [0.3, 0.4) is 0 Å². The molecule has 3 fully saturated rings. The number of alkyl halides is 3. The second kappa shape index (κ2) is 8.62. The Balaban J connectivity index is 1.51. The largest absolute Gasteiger partial charge is 0.421 e. The van der Waals surface area contributed by atoms with Crippen molar-refractivity contribution in [3.05, 3.63) is 35.4 Å². The molecule has 0 aromatic heterocycles. The molecule has 3 aliphatic rings. The number of rotatable bonds is 6. The van der Waals surface area contributed by atoms with E-state index in [0.717, 1.165) is 65.1 Å². The van der Waals surface area contributed by atoms with Crippen molar-refractivity contribution >= 4 is 5.84 Å². The first-order chi connectivity index (χ1) is 15.6. The van der Waals surface area contributed by atoms with Crippen LogP contribution >= 0.6 is 0 Å². The minimum absolute atomic E-state index is 0.171. The van der Waals surface area contributed by atoms with Gasteiger partial charge in [0, 0.05) is 37.3 Å². The first-order valence-corrected chi connectivity index (χ1v) is 11.4. The van der Waals surface area contributed by atoms with E-state index >= 15 is 0 Å². The highest BCUT2D eigenvalue weighted by molar-refractivity contribution is 6.00. The molecule has 1 atom stereocenters. The zero-order valence-electron chi connectivity index (χ0n) is 18.6. The first-order valence-electron chi connectivity index (χ1n) is 11.4. The van der Waals surface area contributed by atoms with Gasteiger partial charge in [-0.1, -0.05) is 24.3 Å². The highest BCUT2D eigenvalue weighted by atomic mass is 19.4. The van der Waals surface area contributed by atoms with E-state index in [1.54, 1.807) is 0 Å². The van der Waals surface area contributed by atoms with Crippen LogP contribution in [0.5, 0.6) is 0 Å².